The average molecular weight is 240 g/mol. The smallest absolute Gasteiger partial charge is 0.0702 e. The number of aliphatic hydroxyl groups excluding tert-OH is 1. The molecule has 0 aliphatic carbocycles. The quantitative estimate of drug-likeness (QED) is 0.693. The molecule has 0 heterocycles. The fourth-order valence-corrected chi connectivity index (χ4v) is 2.44. The summed E-state index contributed by atoms with van der Waals surface area (Å²) in [5.74, 6) is 3.50. The highest BCUT2D eigenvalue weighted by Gasteiger charge is 2.31. The number of methoxy groups -OCH3 is 1. The van der Waals surface area contributed by atoms with Crippen molar-refractivity contribution in [1.29, 1.82) is 0 Å². The van der Waals surface area contributed by atoms with E-state index in [-0.39, 0.29) is 17.9 Å². The summed E-state index contributed by atoms with van der Waals surface area (Å²) in [4.78, 5) is 0. The van der Waals surface area contributed by atoms with Crippen LogP contribution in [0, 0.1) is 36.0 Å². The summed E-state index contributed by atoms with van der Waals surface area (Å²) in [6, 6.07) is 0. The van der Waals surface area contributed by atoms with Crippen molar-refractivity contribution >= 4 is 0 Å². The SMILES string of the molecule is C#C[C@@H](C)[C@@H](O)[C@H](C)[C@@H](C)[C@H](C)[C@H](CC)OC. The zero-order valence-electron chi connectivity index (χ0n) is 12.1. The van der Waals surface area contributed by atoms with E-state index in [4.69, 9.17) is 11.2 Å². The molecular weight excluding hydrogens is 212 g/mol. The van der Waals surface area contributed by atoms with Crippen LogP contribution in [0.4, 0.5) is 0 Å². The molecule has 0 saturated heterocycles. The van der Waals surface area contributed by atoms with Gasteiger partial charge in [-0.2, -0.15) is 0 Å². The number of terminal acetylenes is 1. The molecule has 100 valence electrons. The van der Waals surface area contributed by atoms with Gasteiger partial charge < -0.3 is 9.84 Å². The standard InChI is InChI=1S/C15H28O2/c1-8-10(3)15(16)13(6)11(4)12(5)14(9-2)17-7/h1,10-16H,9H2,2-7H3/t10-,11+,12+,13-,14+,15-/m1/s1. The van der Waals surface area contributed by atoms with E-state index in [0.29, 0.717) is 11.8 Å². The third-order valence-electron chi connectivity index (χ3n) is 4.26. The molecule has 0 aliphatic heterocycles. The summed E-state index contributed by atoms with van der Waals surface area (Å²) in [7, 11) is 1.75. The van der Waals surface area contributed by atoms with Gasteiger partial charge in [0, 0.05) is 13.0 Å². The molecule has 0 fully saturated rings. The van der Waals surface area contributed by atoms with Crippen LogP contribution in [-0.4, -0.2) is 24.4 Å². The first-order valence-corrected chi connectivity index (χ1v) is 6.57. The molecule has 0 unspecified atom stereocenters. The molecule has 2 nitrogen and oxygen atoms in total. The van der Waals surface area contributed by atoms with E-state index in [2.05, 4.69) is 33.6 Å². The molecule has 0 radical (unpaired) electrons. The lowest BCUT2D eigenvalue weighted by atomic mass is 9.76. The van der Waals surface area contributed by atoms with Gasteiger partial charge in [0.2, 0.25) is 0 Å². The Labute approximate surface area is 107 Å². The summed E-state index contributed by atoms with van der Waals surface area (Å²) >= 11 is 0. The van der Waals surface area contributed by atoms with Gasteiger partial charge in [-0.25, -0.2) is 0 Å². The lowest BCUT2D eigenvalue weighted by molar-refractivity contribution is -0.00842. The van der Waals surface area contributed by atoms with Crippen molar-refractivity contribution in [3.05, 3.63) is 0 Å². The van der Waals surface area contributed by atoms with Crippen molar-refractivity contribution in [3.63, 3.8) is 0 Å². The number of rotatable bonds is 7. The minimum atomic E-state index is -0.438. The van der Waals surface area contributed by atoms with Crippen molar-refractivity contribution in [1.82, 2.24) is 0 Å². The second kappa shape index (κ2) is 7.74. The van der Waals surface area contributed by atoms with E-state index in [1.807, 2.05) is 6.92 Å². The molecule has 0 saturated carbocycles. The zero-order chi connectivity index (χ0) is 13.6. The summed E-state index contributed by atoms with van der Waals surface area (Å²) in [6.07, 6.45) is 6.17. The van der Waals surface area contributed by atoms with Crippen LogP contribution in [-0.2, 0) is 4.74 Å². The Morgan fingerprint density at radius 2 is 1.65 bits per heavy atom. The predicted octanol–water partition coefficient (Wildman–Crippen LogP) is 2.95. The van der Waals surface area contributed by atoms with Crippen molar-refractivity contribution in [2.45, 2.75) is 53.2 Å². The summed E-state index contributed by atoms with van der Waals surface area (Å²) in [6.45, 7) is 10.5. The van der Waals surface area contributed by atoms with Gasteiger partial charge >= 0.3 is 0 Å². The summed E-state index contributed by atoms with van der Waals surface area (Å²) in [5, 5.41) is 10.1. The molecule has 0 aromatic heterocycles. The van der Waals surface area contributed by atoms with E-state index >= 15 is 0 Å². The second-order valence-electron chi connectivity index (χ2n) is 5.21. The average Bonchev–Trinajstić information content (AvgIpc) is 2.36. The molecule has 0 bridgehead atoms. The Bertz CT molecular complexity index is 240. The molecule has 6 atom stereocenters. The number of hydrogen-bond acceptors (Lipinski definition) is 2. The Morgan fingerprint density at radius 1 is 1.12 bits per heavy atom. The van der Waals surface area contributed by atoms with Gasteiger partial charge in [-0.15, -0.1) is 12.3 Å². The highest BCUT2D eigenvalue weighted by Crippen LogP contribution is 2.30. The Morgan fingerprint density at radius 3 is 2.00 bits per heavy atom. The number of aliphatic hydroxyl groups is 1. The third-order valence-corrected chi connectivity index (χ3v) is 4.26. The Balaban J connectivity index is 4.58. The van der Waals surface area contributed by atoms with Crippen LogP contribution < -0.4 is 0 Å². The highest BCUT2D eigenvalue weighted by atomic mass is 16.5. The first kappa shape index (κ1) is 16.5. The fourth-order valence-electron chi connectivity index (χ4n) is 2.44. The first-order chi connectivity index (χ1) is 7.90. The van der Waals surface area contributed by atoms with Gasteiger partial charge in [0.05, 0.1) is 12.2 Å². The van der Waals surface area contributed by atoms with Crippen molar-refractivity contribution in [2.75, 3.05) is 7.11 Å². The van der Waals surface area contributed by atoms with Crippen molar-refractivity contribution in [3.8, 4) is 12.3 Å². The molecule has 0 aromatic carbocycles. The molecule has 0 aliphatic rings. The van der Waals surface area contributed by atoms with Gasteiger partial charge in [-0.3, -0.25) is 0 Å². The maximum absolute atomic E-state index is 10.1. The van der Waals surface area contributed by atoms with E-state index in [1.54, 1.807) is 7.11 Å². The molecule has 0 aromatic rings. The highest BCUT2D eigenvalue weighted by molar-refractivity contribution is 4.96. The van der Waals surface area contributed by atoms with Crippen LogP contribution in [0.15, 0.2) is 0 Å². The number of hydrogen-bond donors (Lipinski definition) is 1. The Hall–Kier alpha value is -0.520. The van der Waals surface area contributed by atoms with Crippen LogP contribution in [0.1, 0.15) is 41.0 Å². The van der Waals surface area contributed by atoms with Gasteiger partial charge in [-0.1, -0.05) is 27.7 Å². The summed E-state index contributed by atoms with van der Waals surface area (Å²) in [5.41, 5.74) is 0. The van der Waals surface area contributed by atoms with E-state index in [0.717, 1.165) is 6.42 Å². The monoisotopic (exact) mass is 240 g/mol. The number of ether oxygens (including phenoxy) is 1. The molecule has 2 heteroatoms. The van der Waals surface area contributed by atoms with Gasteiger partial charge in [0.25, 0.3) is 0 Å². The molecule has 0 amide bonds. The van der Waals surface area contributed by atoms with Gasteiger partial charge in [-0.05, 0) is 31.1 Å². The lowest BCUT2D eigenvalue weighted by Gasteiger charge is -2.34. The normalized spacial score (nSPS) is 22.0. The molecule has 17 heavy (non-hydrogen) atoms. The Kier molecular flexibility index (Phi) is 7.50. The van der Waals surface area contributed by atoms with E-state index in [9.17, 15) is 5.11 Å². The fraction of sp³-hybridized carbons (Fsp3) is 0.867. The topological polar surface area (TPSA) is 29.5 Å². The van der Waals surface area contributed by atoms with Crippen molar-refractivity contribution < 1.29 is 9.84 Å². The summed E-state index contributed by atoms with van der Waals surface area (Å²) < 4.78 is 5.48. The van der Waals surface area contributed by atoms with E-state index in [1.165, 1.54) is 0 Å². The van der Waals surface area contributed by atoms with E-state index < -0.39 is 6.10 Å². The molecule has 0 rings (SSSR count). The predicted molar refractivity (Wildman–Crippen MR) is 72.6 cm³/mol. The minimum Gasteiger partial charge on any atom is -0.392 e. The second-order valence-corrected chi connectivity index (χ2v) is 5.21. The van der Waals surface area contributed by atoms with Gasteiger partial charge in [0.1, 0.15) is 0 Å². The van der Waals surface area contributed by atoms with Crippen LogP contribution in [0.25, 0.3) is 0 Å². The maximum atomic E-state index is 10.1. The van der Waals surface area contributed by atoms with Crippen LogP contribution in [0.3, 0.4) is 0 Å². The lowest BCUT2D eigenvalue weighted by Crippen LogP contribution is -2.36. The molecule has 1 N–H and O–H groups in total. The zero-order valence-corrected chi connectivity index (χ0v) is 12.1. The molecule has 0 spiro atoms. The minimum absolute atomic E-state index is 0.0951. The maximum Gasteiger partial charge on any atom is 0.0702 e. The largest absolute Gasteiger partial charge is 0.392 e. The van der Waals surface area contributed by atoms with Crippen molar-refractivity contribution in [2.24, 2.45) is 23.7 Å². The van der Waals surface area contributed by atoms with Crippen LogP contribution in [0.2, 0.25) is 0 Å². The third kappa shape index (κ3) is 4.33. The molecular formula is C15H28O2. The van der Waals surface area contributed by atoms with Gasteiger partial charge in [0.15, 0.2) is 0 Å². The first-order valence-electron chi connectivity index (χ1n) is 6.57. The van der Waals surface area contributed by atoms with Crippen LogP contribution >= 0.6 is 0 Å². The van der Waals surface area contributed by atoms with Crippen LogP contribution in [0.5, 0.6) is 0 Å².